The van der Waals surface area contributed by atoms with Gasteiger partial charge in [0, 0.05) is 28.9 Å². The predicted molar refractivity (Wildman–Crippen MR) is 90.1 cm³/mol. The van der Waals surface area contributed by atoms with Crippen molar-refractivity contribution < 1.29 is 4.79 Å². The third-order valence-corrected chi connectivity index (χ3v) is 5.36. The van der Waals surface area contributed by atoms with Gasteiger partial charge in [0.1, 0.15) is 6.54 Å². The van der Waals surface area contributed by atoms with E-state index in [0.29, 0.717) is 12.5 Å². The van der Waals surface area contributed by atoms with E-state index in [1.165, 1.54) is 19.3 Å². The van der Waals surface area contributed by atoms with Gasteiger partial charge in [-0.1, -0.05) is 6.42 Å². The van der Waals surface area contributed by atoms with Crippen LogP contribution in [0, 0.1) is 26.7 Å². The quantitative estimate of drug-likeness (QED) is 0.918. The predicted octanol–water partition coefficient (Wildman–Crippen LogP) is 3.45. The van der Waals surface area contributed by atoms with Crippen LogP contribution in [-0.4, -0.2) is 22.0 Å². The Morgan fingerprint density at radius 3 is 2.77 bits per heavy atom. The van der Waals surface area contributed by atoms with Gasteiger partial charge in [-0.05, 0) is 45.6 Å². The van der Waals surface area contributed by atoms with Crippen molar-refractivity contribution in [1.82, 2.24) is 14.9 Å². The van der Waals surface area contributed by atoms with Crippen LogP contribution in [0.25, 0.3) is 11.3 Å². The lowest BCUT2D eigenvalue weighted by atomic mass is 9.85. The molecule has 0 radical (unpaired) electrons. The van der Waals surface area contributed by atoms with Crippen molar-refractivity contribution in [3.05, 3.63) is 27.8 Å². The Kier molecular flexibility index (Phi) is 4.34. The Balaban J connectivity index is 1.70. The summed E-state index contributed by atoms with van der Waals surface area (Å²) in [4.78, 5) is 16.7. The van der Waals surface area contributed by atoms with E-state index in [9.17, 15) is 4.79 Å². The third-order valence-electron chi connectivity index (χ3n) is 4.58. The van der Waals surface area contributed by atoms with Crippen molar-refractivity contribution in [2.24, 2.45) is 5.92 Å². The van der Waals surface area contributed by atoms with Gasteiger partial charge in [0.05, 0.1) is 10.7 Å². The highest BCUT2D eigenvalue weighted by atomic mass is 32.1. The Morgan fingerprint density at radius 1 is 1.41 bits per heavy atom. The Labute approximate surface area is 135 Å². The maximum Gasteiger partial charge on any atom is 0.239 e. The lowest BCUT2D eigenvalue weighted by Gasteiger charge is -2.25. The van der Waals surface area contributed by atoms with E-state index in [0.717, 1.165) is 34.2 Å². The molecule has 1 aliphatic rings. The lowest BCUT2D eigenvalue weighted by Crippen LogP contribution is -2.34. The number of carbonyl (C=O) groups is 1. The van der Waals surface area contributed by atoms with E-state index in [4.69, 9.17) is 0 Å². The molecule has 1 fully saturated rings. The van der Waals surface area contributed by atoms with Gasteiger partial charge in [-0.25, -0.2) is 4.98 Å². The van der Waals surface area contributed by atoms with Gasteiger partial charge < -0.3 is 9.88 Å². The molecule has 0 saturated heterocycles. The number of carbonyl (C=O) groups excluding carboxylic acids is 1. The topological polar surface area (TPSA) is 46.9 Å². The van der Waals surface area contributed by atoms with Crippen LogP contribution in [0.15, 0.2) is 11.4 Å². The summed E-state index contributed by atoms with van der Waals surface area (Å²) in [5, 5.41) is 6.22. The first-order chi connectivity index (χ1) is 10.5. The zero-order chi connectivity index (χ0) is 15.7. The number of hydrogen-bond acceptors (Lipinski definition) is 3. The first-order valence-electron chi connectivity index (χ1n) is 7.90. The molecule has 4 nitrogen and oxygen atoms in total. The number of hydrogen-bond donors (Lipinski definition) is 1. The SMILES string of the molecule is Cc1nc(-c2cc(C)n(CC(=O)NCC3CCC3)c2C)cs1. The van der Waals surface area contributed by atoms with Crippen molar-refractivity contribution in [3.63, 3.8) is 0 Å². The van der Waals surface area contributed by atoms with Gasteiger partial charge in [0.25, 0.3) is 0 Å². The van der Waals surface area contributed by atoms with Gasteiger partial charge >= 0.3 is 0 Å². The summed E-state index contributed by atoms with van der Waals surface area (Å²) in [7, 11) is 0. The summed E-state index contributed by atoms with van der Waals surface area (Å²) in [6, 6.07) is 2.13. The maximum absolute atomic E-state index is 12.2. The highest BCUT2D eigenvalue weighted by molar-refractivity contribution is 7.09. The lowest BCUT2D eigenvalue weighted by molar-refractivity contribution is -0.122. The van der Waals surface area contributed by atoms with Crippen molar-refractivity contribution in [2.45, 2.75) is 46.6 Å². The Hall–Kier alpha value is -1.62. The maximum atomic E-state index is 12.2. The number of amides is 1. The van der Waals surface area contributed by atoms with E-state index in [1.807, 2.05) is 6.92 Å². The van der Waals surface area contributed by atoms with Crippen molar-refractivity contribution in [3.8, 4) is 11.3 Å². The standard InChI is InChI=1S/C17H23N3OS/c1-11-7-15(16-10-22-13(3)19-16)12(2)20(11)9-17(21)18-8-14-5-4-6-14/h7,10,14H,4-6,8-9H2,1-3H3,(H,18,21). The molecule has 1 amide bonds. The third kappa shape index (κ3) is 3.09. The summed E-state index contributed by atoms with van der Waals surface area (Å²) in [6.45, 7) is 7.36. The second-order valence-electron chi connectivity index (χ2n) is 6.22. The largest absolute Gasteiger partial charge is 0.354 e. The van der Waals surface area contributed by atoms with Crippen LogP contribution in [0.5, 0.6) is 0 Å². The fourth-order valence-electron chi connectivity index (χ4n) is 2.95. The molecule has 0 unspecified atom stereocenters. The van der Waals surface area contributed by atoms with E-state index >= 15 is 0 Å². The molecule has 2 aromatic heterocycles. The molecule has 1 saturated carbocycles. The Bertz CT molecular complexity index is 682. The molecule has 0 bridgehead atoms. The second kappa shape index (κ2) is 6.24. The number of rotatable bonds is 5. The number of aryl methyl sites for hydroxylation is 2. The highest BCUT2D eigenvalue weighted by Gasteiger charge is 2.19. The van der Waals surface area contributed by atoms with E-state index in [-0.39, 0.29) is 5.91 Å². The first kappa shape index (κ1) is 15.3. The summed E-state index contributed by atoms with van der Waals surface area (Å²) in [5.41, 5.74) is 4.36. The normalized spacial score (nSPS) is 14.9. The molecular weight excluding hydrogens is 294 g/mol. The minimum Gasteiger partial charge on any atom is -0.354 e. The van der Waals surface area contributed by atoms with Crippen LogP contribution in [0.2, 0.25) is 0 Å². The first-order valence-corrected chi connectivity index (χ1v) is 8.78. The van der Waals surface area contributed by atoms with Crippen LogP contribution in [-0.2, 0) is 11.3 Å². The van der Waals surface area contributed by atoms with Gasteiger partial charge in [-0.15, -0.1) is 11.3 Å². The minimum atomic E-state index is 0.106. The average Bonchev–Trinajstić information content (AvgIpc) is 2.95. The Morgan fingerprint density at radius 2 is 2.18 bits per heavy atom. The summed E-state index contributed by atoms with van der Waals surface area (Å²) >= 11 is 1.66. The van der Waals surface area contributed by atoms with Gasteiger partial charge in [-0.3, -0.25) is 4.79 Å². The molecule has 22 heavy (non-hydrogen) atoms. The zero-order valence-corrected chi connectivity index (χ0v) is 14.3. The molecule has 2 heterocycles. The molecule has 1 aliphatic carbocycles. The molecule has 3 rings (SSSR count). The van der Waals surface area contributed by atoms with Gasteiger partial charge in [0.2, 0.25) is 5.91 Å². The fourth-order valence-corrected chi connectivity index (χ4v) is 3.56. The number of aromatic nitrogens is 2. The van der Waals surface area contributed by atoms with Crippen LogP contribution in [0.3, 0.4) is 0 Å². The highest BCUT2D eigenvalue weighted by Crippen LogP contribution is 2.28. The van der Waals surface area contributed by atoms with Crippen LogP contribution < -0.4 is 5.32 Å². The van der Waals surface area contributed by atoms with E-state index < -0.39 is 0 Å². The fraction of sp³-hybridized carbons (Fsp3) is 0.529. The number of nitrogens with one attached hydrogen (secondary N) is 1. The average molecular weight is 317 g/mol. The molecule has 0 atom stereocenters. The van der Waals surface area contributed by atoms with Crippen LogP contribution in [0.4, 0.5) is 0 Å². The van der Waals surface area contributed by atoms with Gasteiger partial charge in [0.15, 0.2) is 0 Å². The molecule has 1 N–H and O–H groups in total. The van der Waals surface area contributed by atoms with E-state index in [1.54, 1.807) is 11.3 Å². The van der Waals surface area contributed by atoms with Gasteiger partial charge in [-0.2, -0.15) is 0 Å². The number of nitrogens with zero attached hydrogens (tertiary/aromatic N) is 2. The van der Waals surface area contributed by atoms with E-state index in [2.05, 4.69) is 40.2 Å². The minimum absolute atomic E-state index is 0.106. The van der Waals surface area contributed by atoms with Crippen molar-refractivity contribution in [1.29, 1.82) is 0 Å². The summed E-state index contributed by atoms with van der Waals surface area (Å²) in [5.74, 6) is 0.805. The molecule has 0 spiro atoms. The molecule has 5 heteroatoms. The zero-order valence-electron chi connectivity index (χ0n) is 13.5. The van der Waals surface area contributed by atoms with Crippen molar-refractivity contribution in [2.75, 3.05) is 6.54 Å². The molecular formula is C17H23N3OS. The molecule has 2 aromatic rings. The smallest absolute Gasteiger partial charge is 0.239 e. The van der Waals surface area contributed by atoms with Crippen LogP contribution >= 0.6 is 11.3 Å². The molecule has 0 aromatic carbocycles. The van der Waals surface area contributed by atoms with Crippen LogP contribution in [0.1, 0.15) is 35.7 Å². The monoisotopic (exact) mass is 317 g/mol. The summed E-state index contributed by atoms with van der Waals surface area (Å²) < 4.78 is 2.08. The number of thiazole rings is 1. The summed E-state index contributed by atoms with van der Waals surface area (Å²) in [6.07, 6.45) is 3.83. The van der Waals surface area contributed by atoms with Crippen molar-refractivity contribution >= 4 is 17.2 Å². The second-order valence-corrected chi connectivity index (χ2v) is 7.29. The molecule has 0 aliphatic heterocycles. The molecule has 118 valence electrons.